The molecule has 0 radical (unpaired) electrons. The van der Waals surface area contributed by atoms with E-state index in [1.165, 1.54) is 0 Å². The van der Waals surface area contributed by atoms with Crippen LogP contribution in [0.25, 0.3) is 0 Å². The van der Waals surface area contributed by atoms with Gasteiger partial charge in [-0.3, -0.25) is 9.59 Å². The molecule has 5 heteroatoms. The minimum atomic E-state index is -0.380. The number of nitrogens with one attached hydrogen (secondary N) is 1. The molecule has 0 saturated carbocycles. The lowest BCUT2D eigenvalue weighted by Crippen LogP contribution is -2.38. The van der Waals surface area contributed by atoms with Crippen LogP contribution >= 0.6 is 0 Å². The molecule has 20 heavy (non-hydrogen) atoms. The van der Waals surface area contributed by atoms with E-state index in [4.69, 9.17) is 5.73 Å². The Labute approximate surface area is 119 Å². The van der Waals surface area contributed by atoms with Crippen molar-refractivity contribution in [2.24, 2.45) is 5.73 Å². The number of hydrogen-bond acceptors (Lipinski definition) is 3. The first-order valence-corrected chi connectivity index (χ1v) is 6.50. The van der Waals surface area contributed by atoms with Crippen LogP contribution < -0.4 is 16.0 Å². The number of nitrogens with two attached hydrogens (primary N) is 1. The molecule has 0 aliphatic rings. The van der Waals surface area contributed by atoms with Crippen molar-refractivity contribution in [1.29, 1.82) is 0 Å². The van der Waals surface area contributed by atoms with Crippen LogP contribution in [0.4, 0.5) is 5.69 Å². The van der Waals surface area contributed by atoms with Gasteiger partial charge in [-0.25, -0.2) is 0 Å². The minimum absolute atomic E-state index is 0.115. The van der Waals surface area contributed by atoms with Crippen LogP contribution in [-0.2, 0) is 9.59 Å². The van der Waals surface area contributed by atoms with Gasteiger partial charge < -0.3 is 16.0 Å². The van der Waals surface area contributed by atoms with E-state index in [9.17, 15) is 9.59 Å². The highest BCUT2D eigenvalue weighted by Crippen LogP contribution is 2.15. The first kappa shape index (κ1) is 15.8. The summed E-state index contributed by atoms with van der Waals surface area (Å²) >= 11 is 0. The molecule has 0 aliphatic heterocycles. The monoisotopic (exact) mass is 275 g/mol. The van der Waals surface area contributed by atoms with Crippen molar-refractivity contribution in [2.45, 2.75) is 13.3 Å². The largest absolute Gasteiger partial charge is 0.370 e. The summed E-state index contributed by atoms with van der Waals surface area (Å²) in [5.41, 5.74) is 7.18. The van der Waals surface area contributed by atoms with Crippen molar-refractivity contribution in [3.63, 3.8) is 0 Å². The Hall–Kier alpha value is -2.30. The van der Waals surface area contributed by atoms with Crippen LogP contribution in [0.3, 0.4) is 0 Å². The standard InChI is InChI=1S/C15H21N3O2/c1-3-8-17-15(20)11-18(9-7-14(16)19)13-6-4-5-12(2)10-13/h3-6,10H,1,7-9,11H2,2H3,(H2,16,19)(H,17,20). The molecule has 1 rings (SSSR count). The zero-order valence-corrected chi connectivity index (χ0v) is 11.8. The van der Waals surface area contributed by atoms with Gasteiger partial charge in [-0.2, -0.15) is 0 Å². The summed E-state index contributed by atoms with van der Waals surface area (Å²) < 4.78 is 0. The highest BCUT2D eigenvalue weighted by molar-refractivity contribution is 5.82. The van der Waals surface area contributed by atoms with Gasteiger partial charge in [0, 0.05) is 25.2 Å². The summed E-state index contributed by atoms with van der Waals surface area (Å²) in [5, 5.41) is 2.72. The molecule has 0 aromatic heterocycles. The van der Waals surface area contributed by atoms with Crippen molar-refractivity contribution in [3.8, 4) is 0 Å². The predicted molar refractivity (Wildman–Crippen MR) is 80.4 cm³/mol. The van der Waals surface area contributed by atoms with E-state index >= 15 is 0 Å². The molecule has 0 spiro atoms. The average Bonchev–Trinajstić information content (AvgIpc) is 2.41. The molecule has 1 aromatic rings. The lowest BCUT2D eigenvalue weighted by molar-refractivity contribution is -0.120. The zero-order chi connectivity index (χ0) is 15.0. The van der Waals surface area contributed by atoms with E-state index in [-0.39, 0.29) is 24.8 Å². The summed E-state index contributed by atoms with van der Waals surface area (Å²) in [4.78, 5) is 24.6. The Morgan fingerprint density at radius 2 is 2.20 bits per heavy atom. The fourth-order valence-electron chi connectivity index (χ4n) is 1.78. The number of anilines is 1. The summed E-state index contributed by atoms with van der Waals surface area (Å²) in [7, 11) is 0. The lowest BCUT2D eigenvalue weighted by atomic mass is 10.2. The van der Waals surface area contributed by atoms with Crippen LogP contribution in [0, 0.1) is 6.92 Å². The van der Waals surface area contributed by atoms with Gasteiger partial charge in [0.1, 0.15) is 0 Å². The molecule has 3 N–H and O–H groups in total. The number of carbonyl (C=O) groups excluding carboxylic acids is 2. The van der Waals surface area contributed by atoms with Crippen molar-refractivity contribution < 1.29 is 9.59 Å². The maximum absolute atomic E-state index is 11.8. The molecule has 108 valence electrons. The zero-order valence-electron chi connectivity index (χ0n) is 11.8. The van der Waals surface area contributed by atoms with Gasteiger partial charge >= 0.3 is 0 Å². The number of rotatable bonds is 8. The van der Waals surface area contributed by atoms with Gasteiger partial charge in [0.15, 0.2) is 0 Å². The number of hydrogen-bond donors (Lipinski definition) is 2. The Bertz CT molecular complexity index is 486. The van der Waals surface area contributed by atoms with Crippen molar-refractivity contribution >= 4 is 17.5 Å². The summed E-state index contributed by atoms with van der Waals surface area (Å²) in [6, 6.07) is 7.79. The topological polar surface area (TPSA) is 75.4 Å². The second-order valence-electron chi connectivity index (χ2n) is 4.57. The van der Waals surface area contributed by atoms with Gasteiger partial charge in [-0.1, -0.05) is 18.2 Å². The summed E-state index contributed by atoms with van der Waals surface area (Å²) in [6.45, 7) is 6.56. The van der Waals surface area contributed by atoms with E-state index in [2.05, 4.69) is 11.9 Å². The molecule has 2 amide bonds. The Morgan fingerprint density at radius 3 is 2.80 bits per heavy atom. The van der Waals surface area contributed by atoms with E-state index in [1.807, 2.05) is 36.1 Å². The van der Waals surface area contributed by atoms with E-state index < -0.39 is 0 Å². The quantitative estimate of drug-likeness (QED) is 0.694. The second kappa shape index (κ2) is 7.99. The van der Waals surface area contributed by atoms with Gasteiger partial charge in [-0.15, -0.1) is 6.58 Å². The third kappa shape index (κ3) is 5.56. The van der Waals surface area contributed by atoms with E-state index in [1.54, 1.807) is 6.08 Å². The van der Waals surface area contributed by atoms with Gasteiger partial charge in [0.2, 0.25) is 11.8 Å². The highest BCUT2D eigenvalue weighted by atomic mass is 16.2. The highest BCUT2D eigenvalue weighted by Gasteiger charge is 2.12. The van der Waals surface area contributed by atoms with Crippen molar-refractivity contribution in [1.82, 2.24) is 5.32 Å². The number of aryl methyl sites for hydroxylation is 1. The fourth-order valence-corrected chi connectivity index (χ4v) is 1.78. The van der Waals surface area contributed by atoms with Crippen molar-refractivity contribution in [2.75, 3.05) is 24.5 Å². The molecule has 0 heterocycles. The molecule has 5 nitrogen and oxygen atoms in total. The van der Waals surface area contributed by atoms with Crippen molar-refractivity contribution in [3.05, 3.63) is 42.5 Å². The Balaban J connectivity index is 2.76. The van der Waals surface area contributed by atoms with Crippen LogP contribution in [0.2, 0.25) is 0 Å². The van der Waals surface area contributed by atoms with E-state index in [0.717, 1.165) is 11.3 Å². The number of amides is 2. The predicted octanol–water partition coefficient (Wildman–Crippen LogP) is 0.979. The first-order chi connectivity index (χ1) is 9.52. The molecule has 0 bridgehead atoms. The molecule has 1 aromatic carbocycles. The van der Waals surface area contributed by atoms with Gasteiger partial charge in [0.25, 0.3) is 0 Å². The molecule has 0 fully saturated rings. The van der Waals surface area contributed by atoms with Crippen LogP contribution in [0.1, 0.15) is 12.0 Å². The number of carbonyl (C=O) groups is 2. The summed E-state index contributed by atoms with van der Waals surface area (Å²) in [6.07, 6.45) is 1.83. The maximum Gasteiger partial charge on any atom is 0.239 e. The molecule has 0 unspecified atom stereocenters. The van der Waals surface area contributed by atoms with Gasteiger partial charge in [-0.05, 0) is 24.6 Å². The van der Waals surface area contributed by atoms with Crippen LogP contribution in [0.5, 0.6) is 0 Å². The Kier molecular flexibility index (Phi) is 6.29. The lowest BCUT2D eigenvalue weighted by Gasteiger charge is -2.24. The SMILES string of the molecule is C=CCNC(=O)CN(CCC(N)=O)c1cccc(C)c1. The number of primary amides is 1. The first-order valence-electron chi connectivity index (χ1n) is 6.50. The smallest absolute Gasteiger partial charge is 0.239 e. The average molecular weight is 275 g/mol. The second-order valence-corrected chi connectivity index (χ2v) is 4.57. The molecule has 0 saturated heterocycles. The van der Waals surface area contributed by atoms with Crippen LogP contribution in [0.15, 0.2) is 36.9 Å². The number of nitrogens with zero attached hydrogens (tertiary/aromatic N) is 1. The third-order valence-electron chi connectivity index (χ3n) is 2.77. The van der Waals surface area contributed by atoms with Crippen LogP contribution in [-0.4, -0.2) is 31.4 Å². The molecular formula is C15H21N3O2. The Morgan fingerprint density at radius 1 is 1.45 bits per heavy atom. The number of benzene rings is 1. The molecule has 0 atom stereocenters. The molecular weight excluding hydrogens is 254 g/mol. The molecule has 0 aliphatic carbocycles. The summed E-state index contributed by atoms with van der Waals surface area (Å²) in [5.74, 6) is -0.495. The maximum atomic E-state index is 11.8. The fraction of sp³-hybridized carbons (Fsp3) is 0.333. The minimum Gasteiger partial charge on any atom is -0.370 e. The normalized spacial score (nSPS) is 9.85. The van der Waals surface area contributed by atoms with E-state index in [0.29, 0.717) is 13.1 Å². The third-order valence-corrected chi connectivity index (χ3v) is 2.77. The van der Waals surface area contributed by atoms with Gasteiger partial charge in [0.05, 0.1) is 6.54 Å².